The predicted octanol–water partition coefficient (Wildman–Crippen LogP) is 6.00. The third-order valence-electron chi connectivity index (χ3n) is 5.14. The lowest BCUT2D eigenvalue weighted by atomic mass is 9.81. The highest BCUT2D eigenvalue weighted by Crippen LogP contribution is 2.39. The zero-order valence-electron chi connectivity index (χ0n) is 16.2. The quantitative estimate of drug-likeness (QED) is 0.558. The van der Waals surface area contributed by atoms with E-state index in [1.54, 1.807) is 24.3 Å². The number of carbonyl (C=O) groups is 1. The van der Waals surface area contributed by atoms with E-state index in [9.17, 15) is 18.0 Å². The van der Waals surface area contributed by atoms with Gasteiger partial charge in [0.05, 0.1) is 6.10 Å². The number of alkyl halides is 3. The Kier molecular flexibility index (Phi) is 7.15. The van der Waals surface area contributed by atoms with Crippen molar-refractivity contribution in [3.05, 3.63) is 71.8 Å². The van der Waals surface area contributed by atoms with E-state index in [-0.39, 0.29) is 12.0 Å². The van der Waals surface area contributed by atoms with Crippen molar-refractivity contribution in [1.82, 2.24) is 0 Å². The molecule has 0 radical (unpaired) electrons. The lowest BCUT2D eigenvalue weighted by molar-refractivity contribution is -0.346. The van der Waals surface area contributed by atoms with Crippen molar-refractivity contribution in [3.8, 4) is 5.75 Å². The highest BCUT2D eigenvalue weighted by Gasteiger charge is 2.37. The Bertz CT molecular complexity index is 839. The second-order valence-corrected chi connectivity index (χ2v) is 7.29. The highest BCUT2D eigenvalue weighted by atomic mass is 19.4. The molecule has 1 aliphatic rings. The van der Waals surface area contributed by atoms with Gasteiger partial charge < -0.3 is 9.84 Å². The summed E-state index contributed by atoms with van der Waals surface area (Å²) in [7, 11) is 0. The molecule has 0 aromatic heterocycles. The van der Waals surface area contributed by atoms with Crippen LogP contribution in [0.25, 0.3) is 6.08 Å². The van der Waals surface area contributed by atoms with Crippen molar-refractivity contribution < 1.29 is 32.5 Å². The molecule has 1 unspecified atom stereocenters. The number of carboxylic acid groups (broad SMARTS) is 1. The van der Waals surface area contributed by atoms with Gasteiger partial charge in [-0.25, -0.2) is 4.79 Å². The van der Waals surface area contributed by atoms with Crippen molar-refractivity contribution in [2.45, 2.75) is 44.3 Å². The molecule has 0 bridgehead atoms. The smallest absolute Gasteiger partial charge is 0.485 e. The fraction of sp³-hybridized carbons (Fsp3) is 0.348. The van der Waals surface area contributed by atoms with Crippen LogP contribution in [0, 0.1) is 5.92 Å². The number of aliphatic carboxylic acids is 1. The fourth-order valence-corrected chi connectivity index (χ4v) is 3.75. The van der Waals surface area contributed by atoms with E-state index in [0.717, 1.165) is 17.2 Å². The predicted molar refractivity (Wildman–Crippen MR) is 106 cm³/mol. The van der Waals surface area contributed by atoms with E-state index in [1.165, 1.54) is 6.08 Å². The monoisotopic (exact) mass is 420 g/mol. The Morgan fingerprint density at radius 1 is 1.00 bits per heavy atom. The highest BCUT2D eigenvalue weighted by molar-refractivity contribution is 5.85. The maximum Gasteiger partial charge on any atom is 0.522 e. The van der Waals surface area contributed by atoms with E-state index in [1.807, 2.05) is 30.3 Å². The van der Waals surface area contributed by atoms with Gasteiger partial charge in [0.1, 0.15) is 11.9 Å². The van der Waals surface area contributed by atoms with Gasteiger partial charge in [-0.05, 0) is 55.0 Å². The number of rotatable bonds is 7. The summed E-state index contributed by atoms with van der Waals surface area (Å²) in [6.45, 7) is 0. The molecule has 7 heteroatoms. The van der Waals surface area contributed by atoms with Gasteiger partial charge in [-0.1, -0.05) is 42.5 Å². The van der Waals surface area contributed by atoms with Crippen LogP contribution in [-0.4, -0.2) is 23.5 Å². The van der Waals surface area contributed by atoms with Gasteiger partial charge in [0.25, 0.3) is 0 Å². The summed E-state index contributed by atoms with van der Waals surface area (Å²) >= 11 is 0. The first-order valence-corrected chi connectivity index (χ1v) is 9.77. The molecule has 0 saturated heterocycles. The summed E-state index contributed by atoms with van der Waals surface area (Å²) in [6.07, 6.45) is -1.36. The molecule has 30 heavy (non-hydrogen) atoms. The number of carboxylic acids is 1. The van der Waals surface area contributed by atoms with Gasteiger partial charge in [-0.3, -0.25) is 4.74 Å². The Labute approximate surface area is 172 Å². The molecular weight excluding hydrogens is 397 g/mol. The molecule has 2 aromatic carbocycles. The van der Waals surface area contributed by atoms with Gasteiger partial charge in [-0.15, -0.1) is 13.2 Å². The minimum atomic E-state index is -4.61. The maximum atomic E-state index is 12.5. The van der Waals surface area contributed by atoms with Crippen LogP contribution in [0.15, 0.2) is 60.7 Å². The average Bonchev–Trinajstić information content (AvgIpc) is 2.71. The van der Waals surface area contributed by atoms with Crippen molar-refractivity contribution in [1.29, 1.82) is 0 Å². The lowest BCUT2D eigenvalue weighted by Crippen LogP contribution is -2.31. The summed E-state index contributed by atoms with van der Waals surface area (Å²) in [4.78, 5) is 10.6. The van der Waals surface area contributed by atoms with Crippen molar-refractivity contribution in [3.63, 3.8) is 0 Å². The topological polar surface area (TPSA) is 55.8 Å². The average molecular weight is 420 g/mol. The van der Waals surface area contributed by atoms with Crippen LogP contribution in [0.1, 0.15) is 42.9 Å². The first kappa shape index (κ1) is 21.9. The van der Waals surface area contributed by atoms with Crippen LogP contribution in [0.2, 0.25) is 0 Å². The molecule has 0 heterocycles. The van der Waals surface area contributed by atoms with E-state index < -0.39 is 18.4 Å². The summed E-state index contributed by atoms with van der Waals surface area (Å²) < 4.78 is 47.9. The molecule has 0 aliphatic heterocycles. The fourth-order valence-electron chi connectivity index (χ4n) is 3.75. The largest absolute Gasteiger partial charge is 0.522 e. The number of benzene rings is 2. The zero-order chi connectivity index (χ0) is 21.6. The van der Waals surface area contributed by atoms with E-state index in [0.29, 0.717) is 31.4 Å². The van der Waals surface area contributed by atoms with E-state index in [2.05, 4.69) is 4.74 Å². The molecule has 1 fully saturated rings. The Morgan fingerprint density at radius 3 is 2.20 bits per heavy atom. The standard InChI is InChI=1S/C23H23F3O4/c24-23(25,26)30-20-13-9-18(10-14-20)22(17-4-2-1-3-5-17)29-19-11-6-16(7-12-19)8-15-21(27)28/h1-8,11-12,15,18,20,22H,9-10,13-14H2,(H,27,28)/b15-8+. The number of halogens is 3. The van der Waals surface area contributed by atoms with Crippen molar-refractivity contribution in [2.24, 2.45) is 5.92 Å². The van der Waals surface area contributed by atoms with Crippen LogP contribution >= 0.6 is 0 Å². The summed E-state index contributed by atoms with van der Waals surface area (Å²) in [6, 6.07) is 16.6. The maximum absolute atomic E-state index is 12.5. The van der Waals surface area contributed by atoms with Gasteiger partial charge in [0, 0.05) is 12.0 Å². The number of ether oxygens (including phenoxy) is 2. The molecule has 0 amide bonds. The van der Waals surface area contributed by atoms with Gasteiger partial charge >= 0.3 is 12.3 Å². The second-order valence-electron chi connectivity index (χ2n) is 7.29. The summed E-state index contributed by atoms with van der Waals surface area (Å²) in [5.74, 6) is -0.346. The Morgan fingerprint density at radius 2 is 1.63 bits per heavy atom. The summed E-state index contributed by atoms with van der Waals surface area (Å²) in [5.41, 5.74) is 1.69. The molecule has 0 spiro atoms. The number of hydrogen-bond donors (Lipinski definition) is 1. The molecule has 1 atom stereocenters. The van der Waals surface area contributed by atoms with Gasteiger partial charge in [-0.2, -0.15) is 0 Å². The molecular formula is C23H23F3O4. The van der Waals surface area contributed by atoms with E-state index in [4.69, 9.17) is 9.84 Å². The van der Waals surface area contributed by atoms with Crippen LogP contribution in [-0.2, 0) is 9.53 Å². The zero-order valence-corrected chi connectivity index (χ0v) is 16.2. The molecule has 1 N–H and O–H groups in total. The van der Waals surface area contributed by atoms with E-state index >= 15 is 0 Å². The van der Waals surface area contributed by atoms with Crippen molar-refractivity contribution in [2.75, 3.05) is 0 Å². The second kappa shape index (κ2) is 9.80. The van der Waals surface area contributed by atoms with Crippen LogP contribution in [0.4, 0.5) is 13.2 Å². The molecule has 1 saturated carbocycles. The minimum absolute atomic E-state index is 0.0621. The molecule has 160 valence electrons. The Balaban J connectivity index is 1.71. The molecule has 4 nitrogen and oxygen atoms in total. The first-order valence-electron chi connectivity index (χ1n) is 9.77. The molecule has 2 aromatic rings. The van der Waals surface area contributed by atoms with Gasteiger partial charge in [0.15, 0.2) is 0 Å². The third-order valence-corrected chi connectivity index (χ3v) is 5.14. The van der Waals surface area contributed by atoms with Crippen LogP contribution in [0.3, 0.4) is 0 Å². The number of hydrogen-bond acceptors (Lipinski definition) is 3. The van der Waals surface area contributed by atoms with Crippen molar-refractivity contribution >= 4 is 12.0 Å². The third kappa shape index (κ3) is 6.62. The Hall–Kier alpha value is -2.80. The molecule has 1 aliphatic carbocycles. The lowest BCUT2D eigenvalue weighted by Gasteiger charge is -2.34. The first-order chi connectivity index (χ1) is 14.3. The normalized spacial score (nSPS) is 20.8. The summed E-state index contributed by atoms with van der Waals surface area (Å²) in [5, 5.41) is 8.72. The molecule has 3 rings (SSSR count). The van der Waals surface area contributed by atoms with Gasteiger partial charge in [0.2, 0.25) is 0 Å². The van der Waals surface area contributed by atoms with Crippen LogP contribution < -0.4 is 4.74 Å². The minimum Gasteiger partial charge on any atom is -0.485 e. The SMILES string of the molecule is O=C(O)/C=C/c1ccc(OC(c2ccccc2)C2CCC(OC(F)(F)F)CC2)cc1. The van der Waals surface area contributed by atoms with Crippen LogP contribution in [0.5, 0.6) is 5.75 Å².